The molecule has 0 heterocycles. The lowest BCUT2D eigenvalue weighted by molar-refractivity contribution is -0.323. The Morgan fingerprint density at radius 1 is 1.43 bits per heavy atom. The highest BCUT2D eigenvalue weighted by molar-refractivity contribution is 5.77. The first-order valence-electron chi connectivity index (χ1n) is 4.14. The third-order valence-corrected chi connectivity index (χ3v) is 1.20. The zero-order valence-electron chi connectivity index (χ0n) is 7.78. The Morgan fingerprint density at radius 2 is 2.07 bits per heavy atom. The molecule has 0 atom stereocenters. The Morgan fingerprint density at radius 3 is 2.57 bits per heavy atom. The second-order valence-corrected chi connectivity index (χ2v) is 2.42. The van der Waals surface area contributed by atoms with Gasteiger partial charge in [0.15, 0.2) is 0 Å². The molecule has 4 nitrogen and oxygen atoms in total. The van der Waals surface area contributed by atoms with E-state index in [0.29, 0.717) is 6.54 Å². The summed E-state index contributed by atoms with van der Waals surface area (Å²) in [5.41, 5.74) is 0. The molecule has 0 aromatic heterocycles. The van der Waals surface area contributed by atoms with Crippen molar-refractivity contribution in [3.63, 3.8) is 0 Å². The summed E-state index contributed by atoms with van der Waals surface area (Å²) in [5.74, 6) is -0.250. The number of ether oxygens (including phenoxy) is 1. The van der Waals surface area contributed by atoms with Crippen molar-refractivity contribution in [2.45, 2.75) is 13.3 Å². The zero-order valence-corrected chi connectivity index (χ0v) is 7.78. The lowest BCUT2D eigenvalue weighted by atomic mass is 10.5. The van der Waals surface area contributed by atoms with Crippen molar-refractivity contribution in [3.8, 4) is 0 Å². The fourth-order valence-corrected chi connectivity index (χ4v) is 0.701. The van der Waals surface area contributed by atoms with Gasteiger partial charge >= 0.3 is 6.36 Å². The van der Waals surface area contributed by atoms with E-state index in [1.54, 1.807) is 6.92 Å². The number of rotatable bonds is 6. The molecule has 0 saturated heterocycles. The SMILES string of the molecule is CCNC(=O)CNCCOC(F)(F)F. The van der Waals surface area contributed by atoms with Crippen LogP contribution in [-0.2, 0) is 9.53 Å². The Hall–Kier alpha value is -0.820. The molecule has 0 spiro atoms. The smallest absolute Gasteiger partial charge is 0.355 e. The molecule has 0 bridgehead atoms. The molecule has 0 aliphatic carbocycles. The average Bonchev–Trinajstić information content (AvgIpc) is 2.02. The fraction of sp³-hybridized carbons (Fsp3) is 0.857. The molecule has 7 heteroatoms. The molecular formula is C7H13F3N2O2. The highest BCUT2D eigenvalue weighted by atomic mass is 19.4. The summed E-state index contributed by atoms with van der Waals surface area (Å²) in [4.78, 5) is 10.8. The van der Waals surface area contributed by atoms with E-state index in [9.17, 15) is 18.0 Å². The van der Waals surface area contributed by atoms with Gasteiger partial charge in [-0.05, 0) is 6.92 Å². The van der Waals surface area contributed by atoms with Gasteiger partial charge in [0, 0.05) is 13.1 Å². The molecule has 84 valence electrons. The Bertz CT molecular complexity index is 173. The van der Waals surface area contributed by atoms with Crippen LogP contribution in [0.15, 0.2) is 0 Å². The number of likely N-dealkylation sites (N-methyl/N-ethyl adjacent to an activating group) is 1. The van der Waals surface area contributed by atoms with Gasteiger partial charge in [0.25, 0.3) is 0 Å². The molecule has 0 unspecified atom stereocenters. The van der Waals surface area contributed by atoms with Gasteiger partial charge in [-0.15, -0.1) is 13.2 Å². The summed E-state index contributed by atoms with van der Waals surface area (Å²) in [6.07, 6.45) is -4.60. The van der Waals surface area contributed by atoms with E-state index in [-0.39, 0.29) is 19.0 Å². The minimum atomic E-state index is -4.60. The third-order valence-electron chi connectivity index (χ3n) is 1.20. The van der Waals surface area contributed by atoms with Gasteiger partial charge in [-0.2, -0.15) is 0 Å². The lowest BCUT2D eigenvalue weighted by Crippen LogP contribution is -2.35. The molecule has 2 N–H and O–H groups in total. The summed E-state index contributed by atoms with van der Waals surface area (Å²) in [6, 6.07) is 0. The molecule has 0 aliphatic rings. The van der Waals surface area contributed by atoms with Crippen molar-refractivity contribution >= 4 is 5.91 Å². The number of nitrogens with one attached hydrogen (secondary N) is 2. The van der Waals surface area contributed by atoms with Gasteiger partial charge in [-0.25, -0.2) is 0 Å². The van der Waals surface area contributed by atoms with Gasteiger partial charge in [-0.3, -0.25) is 9.53 Å². The maximum Gasteiger partial charge on any atom is 0.522 e. The van der Waals surface area contributed by atoms with Crippen molar-refractivity contribution in [2.75, 3.05) is 26.2 Å². The van der Waals surface area contributed by atoms with Crippen LogP contribution < -0.4 is 10.6 Å². The van der Waals surface area contributed by atoms with Crippen LogP contribution in [-0.4, -0.2) is 38.5 Å². The predicted octanol–water partition coefficient (Wildman–Crippen LogP) is 0.248. The topological polar surface area (TPSA) is 50.4 Å². The first kappa shape index (κ1) is 13.2. The molecule has 0 rings (SSSR count). The van der Waals surface area contributed by atoms with Crippen LogP contribution in [0.3, 0.4) is 0 Å². The van der Waals surface area contributed by atoms with Crippen LogP contribution >= 0.6 is 0 Å². The van der Waals surface area contributed by atoms with E-state index in [1.807, 2.05) is 0 Å². The summed E-state index contributed by atoms with van der Waals surface area (Å²) < 4.78 is 37.8. The molecule has 1 amide bonds. The standard InChI is InChI=1S/C7H13F3N2O2/c1-2-12-6(13)5-11-3-4-14-7(8,9)10/h11H,2-5H2,1H3,(H,12,13). The van der Waals surface area contributed by atoms with Crippen LogP contribution in [0.5, 0.6) is 0 Å². The normalized spacial score (nSPS) is 11.4. The number of amides is 1. The Balaban J connectivity index is 3.26. The second-order valence-electron chi connectivity index (χ2n) is 2.42. The number of hydrogen-bond acceptors (Lipinski definition) is 3. The Kier molecular flexibility index (Phi) is 6.22. The van der Waals surface area contributed by atoms with E-state index in [0.717, 1.165) is 0 Å². The molecule has 0 radical (unpaired) electrons. The van der Waals surface area contributed by atoms with Gasteiger partial charge < -0.3 is 10.6 Å². The van der Waals surface area contributed by atoms with Crippen molar-refractivity contribution in [2.24, 2.45) is 0 Å². The first-order chi connectivity index (χ1) is 6.45. The summed E-state index contributed by atoms with van der Waals surface area (Å²) in [7, 11) is 0. The summed E-state index contributed by atoms with van der Waals surface area (Å²) >= 11 is 0. The maximum atomic E-state index is 11.4. The van der Waals surface area contributed by atoms with Crippen LogP contribution in [0.1, 0.15) is 6.92 Å². The van der Waals surface area contributed by atoms with Crippen LogP contribution in [0.2, 0.25) is 0 Å². The summed E-state index contributed by atoms with van der Waals surface area (Å²) in [5, 5.41) is 4.99. The highest BCUT2D eigenvalue weighted by Crippen LogP contribution is 2.14. The van der Waals surface area contributed by atoms with Crippen molar-refractivity contribution in [3.05, 3.63) is 0 Å². The van der Waals surface area contributed by atoms with E-state index < -0.39 is 13.0 Å². The third kappa shape index (κ3) is 9.27. The second kappa shape index (κ2) is 6.61. The van der Waals surface area contributed by atoms with Crippen molar-refractivity contribution in [1.29, 1.82) is 0 Å². The van der Waals surface area contributed by atoms with E-state index >= 15 is 0 Å². The van der Waals surface area contributed by atoms with Crippen LogP contribution in [0, 0.1) is 0 Å². The van der Waals surface area contributed by atoms with Crippen LogP contribution in [0.4, 0.5) is 13.2 Å². The van der Waals surface area contributed by atoms with E-state index in [1.165, 1.54) is 0 Å². The van der Waals surface area contributed by atoms with E-state index in [2.05, 4.69) is 15.4 Å². The van der Waals surface area contributed by atoms with E-state index in [4.69, 9.17) is 0 Å². The molecular weight excluding hydrogens is 201 g/mol. The molecule has 0 aromatic rings. The van der Waals surface area contributed by atoms with Crippen molar-refractivity contribution in [1.82, 2.24) is 10.6 Å². The number of carbonyl (C=O) groups is 1. The largest absolute Gasteiger partial charge is 0.522 e. The molecule has 14 heavy (non-hydrogen) atoms. The van der Waals surface area contributed by atoms with Gasteiger partial charge in [0.2, 0.25) is 5.91 Å². The lowest BCUT2D eigenvalue weighted by Gasteiger charge is -2.07. The molecule has 0 aliphatic heterocycles. The van der Waals surface area contributed by atoms with Crippen molar-refractivity contribution < 1.29 is 22.7 Å². The fourth-order valence-electron chi connectivity index (χ4n) is 0.701. The molecule has 0 saturated carbocycles. The maximum absolute atomic E-state index is 11.4. The first-order valence-corrected chi connectivity index (χ1v) is 4.14. The molecule has 0 aromatic carbocycles. The summed E-state index contributed by atoms with van der Waals surface area (Å²) in [6.45, 7) is 1.73. The molecule has 0 fully saturated rings. The Labute approximate surface area is 79.8 Å². The number of alkyl halides is 3. The highest BCUT2D eigenvalue weighted by Gasteiger charge is 2.28. The van der Waals surface area contributed by atoms with Gasteiger partial charge in [0.05, 0.1) is 13.2 Å². The quantitative estimate of drug-likeness (QED) is 0.623. The number of halogens is 3. The van der Waals surface area contributed by atoms with Gasteiger partial charge in [0.1, 0.15) is 0 Å². The monoisotopic (exact) mass is 214 g/mol. The minimum Gasteiger partial charge on any atom is -0.355 e. The number of hydrogen-bond donors (Lipinski definition) is 2. The average molecular weight is 214 g/mol. The number of carbonyl (C=O) groups excluding carboxylic acids is 1. The van der Waals surface area contributed by atoms with Crippen LogP contribution in [0.25, 0.3) is 0 Å². The minimum absolute atomic E-state index is 0.00490. The zero-order chi connectivity index (χ0) is 11.0. The predicted molar refractivity (Wildman–Crippen MR) is 43.6 cm³/mol. The van der Waals surface area contributed by atoms with Gasteiger partial charge in [-0.1, -0.05) is 0 Å².